The number of nitrogens with zero attached hydrogens (tertiary/aromatic N) is 1. The molecular formula is C19H26F2N4O2. The summed E-state index contributed by atoms with van der Waals surface area (Å²) in [6, 6.07) is 2.88. The van der Waals surface area contributed by atoms with Crippen LogP contribution in [0.4, 0.5) is 14.5 Å². The SMILES string of the molecule is O=C(CN1CCCC(CNC(=O)C2CCCN2)C1)Nc1cc(F)ccc1F. The first-order valence-corrected chi connectivity index (χ1v) is 9.49. The van der Waals surface area contributed by atoms with Gasteiger partial charge in [0.15, 0.2) is 0 Å². The number of rotatable bonds is 6. The van der Waals surface area contributed by atoms with Gasteiger partial charge < -0.3 is 16.0 Å². The van der Waals surface area contributed by atoms with E-state index >= 15 is 0 Å². The summed E-state index contributed by atoms with van der Waals surface area (Å²) in [6.07, 6.45) is 3.83. The van der Waals surface area contributed by atoms with Crippen molar-refractivity contribution in [1.29, 1.82) is 0 Å². The molecule has 8 heteroatoms. The molecule has 148 valence electrons. The minimum absolute atomic E-state index is 0.0453. The first-order chi connectivity index (χ1) is 13.0. The molecule has 0 aliphatic carbocycles. The van der Waals surface area contributed by atoms with Gasteiger partial charge in [0.2, 0.25) is 11.8 Å². The van der Waals surface area contributed by atoms with Crippen molar-refractivity contribution in [3.05, 3.63) is 29.8 Å². The Balaban J connectivity index is 1.44. The molecule has 0 spiro atoms. The predicted molar refractivity (Wildman–Crippen MR) is 98.2 cm³/mol. The lowest BCUT2D eigenvalue weighted by atomic mass is 9.98. The first-order valence-electron chi connectivity index (χ1n) is 9.49. The molecule has 0 bridgehead atoms. The van der Waals surface area contributed by atoms with Crippen molar-refractivity contribution in [1.82, 2.24) is 15.5 Å². The molecule has 2 saturated heterocycles. The van der Waals surface area contributed by atoms with Crippen LogP contribution in [0.1, 0.15) is 25.7 Å². The molecule has 3 rings (SSSR count). The predicted octanol–water partition coefficient (Wildman–Crippen LogP) is 1.48. The van der Waals surface area contributed by atoms with E-state index in [0.717, 1.165) is 57.0 Å². The van der Waals surface area contributed by atoms with Gasteiger partial charge in [-0.05, 0) is 56.8 Å². The second kappa shape index (κ2) is 9.23. The zero-order chi connectivity index (χ0) is 19.2. The van der Waals surface area contributed by atoms with Gasteiger partial charge in [-0.1, -0.05) is 0 Å². The van der Waals surface area contributed by atoms with Crippen LogP contribution in [-0.2, 0) is 9.59 Å². The molecule has 2 aliphatic rings. The lowest BCUT2D eigenvalue weighted by molar-refractivity contribution is -0.123. The highest BCUT2D eigenvalue weighted by atomic mass is 19.1. The number of nitrogens with one attached hydrogen (secondary N) is 3. The van der Waals surface area contributed by atoms with Crippen molar-refractivity contribution in [2.24, 2.45) is 5.92 Å². The Morgan fingerprint density at radius 1 is 1.22 bits per heavy atom. The van der Waals surface area contributed by atoms with Crippen molar-refractivity contribution >= 4 is 17.5 Å². The number of halogens is 2. The molecule has 0 radical (unpaired) electrons. The standard InChI is InChI=1S/C19H26F2N4O2/c20-14-5-6-15(21)17(9-14)24-18(26)12-25-8-2-3-13(11-25)10-23-19(27)16-4-1-7-22-16/h5-6,9,13,16,22H,1-4,7-8,10-12H2,(H,23,27)(H,24,26). The van der Waals surface area contributed by atoms with Crippen LogP contribution in [0.5, 0.6) is 0 Å². The third-order valence-electron chi connectivity index (χ3n) is 5.11. The molecule has 2 heterocycles. The fraction of sp³-hybridized carbons (Fsp3) is 0.579. The summed E-state index contributed by atoms with van der Waals surface area (Å²) in [5.74, 6) is -1.31. The number of piperidine rings is 1. The monoisotopic (exact) mass is 380 g/mol. The summed E-state index contributed by atoms with van der Waals surface area (Å²) in [6.45, 7) is 3.06. The van der Waals surface area contributed by atoms with E-state index in [1.54, 1.807) is 0 Å². The number of hydrogen-bond acceptors (Lipinski definition) is 4. The normalized spacial score (nSPS) is 23.2. The number of benzene rings is 1. The van der Waals surface area contributed by atoms with Gasteiger partial charge >= 0.3 is 0 Å². The Kier molecular flexibility index (Phi) is 6.73. The Labute approximate surface area is 157 Å². The van der Waals surface area contributed by atoms with Crippen molar-refractivity contribution in [3.8, 4) is 0 Å². The zero-order valence-electron chi connectivity index (χ0n) is 15.3. The first kappa shape index (κ1) is 19.7. The lowest BCUT2D eigenvalue weighted by Gasteiger charge is -2.32. The summed E-state index contributed by atoms with van der Waals surface area (Å²) in [7, 11) is 0. The van der Waals surface area contributed by atoms with Crippen LogP contribution in [0.2, 0.25) is 0 Å². The van der Waals surface area contributed by atoms with E-state index in [4.69, 9.17) is 0 Å². The van der Waals surface area contributed by atoms with Crippen LogP contribution in [-0.4, -0.2) is 55.5 Å². The molecule has 27 heavy (non-hydrogen) atoms. The smallest absolute Gasteiger partial charge is 0.238 e. The minimum atomic E-state index is -0.662. The topological polar surface area (TPSA) is 73.5 Å². The molecule has 0 saturated carbocycles. The number of hydrogen-bond donors (Lipinski definition) is 3. The van der Waals surface area contributed by atoms with Gasteiger partial charge in [0.1, 0.15) is 11.6 Å². The van der Waals surface area contributed by atoms with Gasteiger partial charge in [-0.25, -0.2) is 8.78 Å². The van der Waals surface area contributed by atoms with E-state index in [1.807, 2.05) is 4.90 Å². The zero-order valence-corrected chi connectivity index (χ0v) is 15.3. The number of carbonyl (C=O) groups excluding carboxylic acids is 2. The van der Waals surface area contributed by atoms with Gasteiger partial charge in [0, 0.05) is 19.2 Å². The number of anilines is 1. The summed E-state index contributed by atoms with van der Waals surface area (Å²) >= 11 is 0. The van der Waals surface area contributed by atoms with Gasteiger partial charge in [0.25, 0.3) is 0 Å². The molecule has 2 amide bonds. The fourth-order valence-corrected chi connectivity index (χ4v) is 3.72. The van der Waals surface area contributed by atoms with E-state index in [2.05, 4.69) is 16.0 Å². The summed E-state index contributed by atoms with van der Waals surface area (Å²) < 4.78 is 26.8. The molecule has 2 fully saturated rings. The molecule has 3 N–H and O–H groups in total. The van der Waals surface area contributed by atoms with Crippen molar-refractivity contribution in [2.75, 3.05) is 38.0 Å². The summed E-state index contributed by atoms with van der Waals surface area (Å²) in [5, 5.41) is 8.61. The van der Waals surface area contributed by atoms with E-state index in [9.17, 15) is 18.4 Å². The second-order valence-electron chi connectivity index (χ2n) is 7.31. The summed E-state index contributed by atoms with van der Waals surface area (Å²) in [4.78, 5) is 26.3. The number of amides is 2. The van der Waals surface area contributed by atoms with Crippen LogP contribution in [0.3, 0.4) is 0 Å². The van der Waals surface area contributed by atoms with Gasteiger partial charge in [-0.15, -0.1) is 0 Å². The van der Waals surface area contributed by atoms with Crippen molar-refractivity contribution < 1.29 is 18.4 Å². The quantitative estimate of drug-likeness (QED) is 0.699. The minimum Gasteiger partial charge on any atom is -0.354 e. The van der Waals surface area contributed by atoms with Crippen LogP contribution in [0.15, 0.2) is 18.2 Å². The molecule has 2 atom stereocenters. The van der Waals surface area contributed by atoms with E-state index < -0.39 is 11.6 Å². The highest BCUT2D eigenvalue weighted by molar-refractivity contribution is 5.92. The maximum absolute atomic E-state index is 13.6. The highest BCUT2D eigenvalue weighted by Gasteiger charge is 2.25. The maximum Gasteiger partial charge on any atom is 0.238 e. The molecule has 0 aromatic heterocycles. The van der Waals surface area contributed by atoms with Crippen molar-refractivity contribution in [2.45, 2.75) is 31.7 Å². The second-order valence-corrected chi connectivity index (χ2v) is 7.31. The third-order valence-corrected chi connectivity index (χ3v) is 5.11. The Morgan fingerprint density at radius 3 is 2.85 bits per heavy atom. The largest absolute Gasteiger partial charge is 0.354 e. The molecule has 2 aliphatic heterocycles. The molecule has 2 unspecified atom stereocenters. The van der Waals surface area contributed by atoms with Crippen molar-refractivity contribution in [3.63, 3.8) is 0 Å². The molecule has 1 aromatic carbocycles. The number of carbonyl (C=O) groups is 2. The number of likely N-dealkylation sites (tertiary alicyclic amines) is 1. The highest BCUT2D eigenvalue weighted by Crippen LogP contribution is 2.18. The van der Waals surface area contributed by atoms with E-state index in [-0.39, 0.29) is 36.0 Å². The fourth-order valence-electron chi connectivity index (χ4n) is 3.72. The molecule has 6 nitrogen and oxygen atoms in total. The van der Waals surface area contributed by atoms with Gasteiger partial charge in [-0.3, -0.25) is 14.5 Å². The van der Waals surface area contributed by atoms with E-state index in [0.29, 0.717) is 13.1 Å². The van der Waals surface area contributed by atoms with Crippen LogP contribution < -0.4 is 16.0 Å². The molecular weight excluding hydrogens is 354 g/mol. The Bertz CT molecular complexity index is 680. The van der Waals surface area contributed by atoms with Gasteiger partial charge in [-0.2, -0.15) is 0 Å². The Hall–Kier alpha value is -2.06. The van der Waals surface area contributed by atoms with Crippen LogP contribution >= 0.6 is 0 Å². The average molecular weight is 380 g/mol. The lowest BCUT2D eigenvalue weighted by Crippen LogP contribution is -2.46. The van der Waals surface area contributed by atoms with Crippen LogP contribution in [0, 0.1) is 17.6 Å². The Morgan fingerprint density at radius 2 is 2.07 bits per heavy atom. The third kappa shape index (κ3) is 5.71. The van der Waals surface area contributed by atoms with E-state index in [1.165, 1.54) is 0 Å². The van der Waals surface area contributed by atoms with Crippen LogP contribution in [0.25, 0.3) is 0 Å². The average Bonchev–Trinajstić information content (AvgIpc) is 3.18. The van der Waals surface area contributed by atoms with Gasteiger partial charge in [0.05, 0.1) is 18.3 Å². The molecule has 1 aromatic rings. The maximum atomic E-state index is 13.6. The summed E-state index contributed by atoms with van der Waals surface area (Å²) in [5.41, 5.74) is -0.148.